The average molecular weight is 481 g/mol. The summed E-state index contributed by atoms with van der Waals surface area (Å²) in [5.74, 6) is 0.944. The Morgan fingerprint density at radius 1 is 1.09 bits per heavy atom. The molecule has 2 heterocycles. The van der Waals surface area contributed by atoms with Crippen LogP contribution in [0.15, 0.2) is 70.6 Å². The fraction of sp³-hybridized carbons (Fsp3) is 0.250. The van der Waals surface area contributed by atoms with Gasteiger partial charge in [-0.25, -0.2) is 10.1 Å². The number of aromatic nitrogens is 2. The summed E-state index contributed by atoms with van der Waals surface area (Å²) in [6, 6.07) is 18.1. The quantitative estimate of drug-likeness (QED) is 0.412. The van der Waals surface area contributed by atoms with Gasteiger partial charge in [-0.15, -0.1) is 0 Å². The van der Waals surface area contributed by atoms with Crippen LogP contribution in [-0.2, 0) is 11.3 Å². The van der Waals surface area contributed by atoms with Crippen molar-refractivity contribution < 1.29 is 9.53 Å². The number of rotatable bonds is 7. The minimum absolute atomic E-state index is 0.227. The summed E-state index contributed by atoms with van der Waals surface area (Å²) in [4.78, 5) is 28.9. The number of methoxy groups -OCH3 is 1. The van der Waals surface area contributed by atoms with E-state index in [-0.39, 0.29) is 12.1 Å². The van der Waals surface area contributed by atoms with Crippen LogP contribution in [0.5, 0.6) is 5.75 Å². The smallest absolute Gasteiger partial charge is 0.267 e. The first-order valence-corrected chi connectivity index (χ1v) is 11.2. The molecule has 0 spiro atoms. The van der Waals surface area contributed by atoms with E-state index in [1.807, 2.05) is 36.4 Å². The van der Waals surface area contributed by atoms with Crippen molar-refractivity contribution >= 4 is 35.2 Å². The molecule has 1 amide bonds. The fourth-order valence-corrected chi connectivity index (χ4v) is 3.81. The van der Waals surface area contributed by atoms with Crippen LogP contribution in [0.1, 0.15) is 5.56 Å². The highest BCUT2D eigenvalue weighted by Gasteiger charge is 2.19. The topological polar surface area (TPSA) is 92.1 Å². The lowest BCUT2D eigenvalue weighted by Gasteiger charge is -2.36. The van der Waals surface area contributed by atoms with Crippen LogP contribution in [0.4, 0.5) is 11.5 Å². The van der Waals surface area contributed by atoms with Crippen LogP contribution < -0.4 is 25.5 Å². The van der Waals surface area contributed by atoms with Gasteiger partial charge in [0.15, 0.2) is 0 Å². The van der Waals surface area contributed by atoms with Gasteiger partial charge < -0.3 is 14.5 Å². The van der Waals surface area contributed by atoms with Crippen molar-refractivity contribution in [1.29, 1.82) is 0 Å². The summed E-state index contributed by atoms with van der Waals surface area (Å²) in [5, 5.41) is 9.05. The van der Waals surface area contributed by atoms with Gasteiger partial charge >= 0.3 is 0 Å². The molecule has 9 nitrogen and oxygen atoms in total. The summed E-state index contributed by atoms with van der Waals surface area (Å²) in [6.45, 7) is 2.82. The maximum absolute atomic E-state index is 12.3. The SMILES string of the molecule is COc1ccc(/C=N/NC(=O)Cn2nc(N3CCN(c4cccc(Cl)c4)CC3)ccc2=O)cc1. The molecule has 0 radical (unpaired) electrons. The number of hydrogen-bond donors (Lipinski definition) is 1. The molecule has 0 unspecified atom stereocenters. The number of anilines is 2. The second-order valence-corrected chi connectivity index (χ2v) is 8.14. The third-order valence-electron chi connectivity index (χ3n) is 5.44. The maximum atomic E-state index is 12.3. The summed E-state index contributed by atoms with van der Waals surface area (Å²) in [5.41, 5.74) is 3.96. The van der Waals surface area contributed by atoms with Crippen molar-refractivity contribution in [2.24, 2.45) is 5.10 Å². The number of carbonyl (C=O) groups is 1. The van der Waals surface area contributed by atoms with Crippen LogP contribution in [0.3, 0.4) is 0 Å². The Morgan fingerprint density at radius 3 is 2.53 bits per heavy atom. The van der Waals surface area contributed by atoms with E-state index in [1.165, 1.54) is 12.3 Å². The van der Waals surface area contributed by atoms with Crippen LogP contribution in [-0.4, -0.2) is 55.2 Å². The third-order valence-corrected chi connectivity index (χ3v) is 5.68. The molecule has 3 aromatic rings. The number of ether oxygens (including phenoxy) is 1. The Labute approximate surface area is 202 Å². The lowest BCUT2D eigenvalue weighted by molar-refractivity contribution is -0.121. The highest BCUT2D eigenvalue weighted by molar-refractivity contribution is 6.30. The number of nitrogens with one attached hydrogen (secondary N) is 1. The number of nitrogens with zero attached hydrogens (tertiary/aromatic N) is 5. The summed E-state index contributed by atoms with van der Waals surface area (Å²) >= 11 is 6.11. The molecule has 176 valence electrons. The molecular weight excluding hydrogens is 456 g/mol. The van der Waals surface area contributed by atoms with E-state index in [4.69, 9.17) is 16.3 Å². The molecule has 1 aliphatic heterocycles. The minimum Gasteiger partial charge on any atom is -0.497 e. The molecule has 1 aliphatic rings. The zero-order valence-corrected chi connectivity index (χ0v) is 19.5. The monoisotopic (exact) mass is 480 g/mol. The predicted molar refractivity (Wildman–Crippen MR) is 133 cm³/mol. The summed E-state index contributed by atoms with van der Waals surface area (Å²) in [7, 11) is 1.59. The first-order chi connectivity index (χ1) is 16.5. The van der Waals surface area contributed by atoms with Crippen molar-refractivity contribution in [3.63, 3.8) is 0 Å². The molecule has 0 bridgehead atoms. The van der Waals surface area contributed by atoms with Gasteiger partial charge in [0.2, 0.25) is 0 Å². The second kappa shape index (κ2) is 10.8. The number of carbonyl (C=O) groups excluding carboxylic acids is 1. The van der Waals surface area contributed by atoms with Gasteiger partial charge in [-0.1, -0.05) is 17.7 Å². The van der Waals surface area contributed by atoms with Gasteiger partial charge in [-0.2, -0.15) is 10.2 Å². The molecule has 1 saturated heterocycles. The molecule has 0 atom stereocenters. The molecule has 10 heteroatoms. The van der Waals surface area contributed by atoms with E-state index in [9.17, 15) is 9.59 Å². The lowest BCUT2D eigenvalue weighted by atomic mass is 10.2. The van der Waals surface area contributed by atoms with Crippen molar-refractivity contribution in [3.8, 4) is 5.75 Å². The highest BCUT2D eigenvalue weighted by Crippen LogP contribution is 2.22. The minimum atomic E-state index is -0.442. The van der Waals surface area contributed by atoms with Crippen LogP contribution >= 0.6 is 11.6 Å². The number of hydrazone groups is 1. The van der Waals surface area contributed by atoms with E-state index in [1.54, 1.807) is 25.3 Å². The predicted octanol–water partition coefficient (Wildman–Crippen LogP) is 2.38. The van der Waals surface area contributed by atoms with Gasteiger partial charge in [-0.05, 0) is 54.1 Å². The molecule has 1 N–H and O–H groups in total. The fourth-order valence-electron chi connectivity index (χ4n) is 3.63. The molecule has 1 aromatic heterocycles. The van der Waals surface area contributed by atoms with Gasteiger partial charge in [0.05, 0.1) is 13.3 Å². The van der Waals surface area contributed by atoms with Crippen molar-refractivity contribution in [1.82, 2.24) is 15.2 Å². The lowest BCUT2D eigenvalue weighted by Crippen LogP contribution is -2.47. The van der Waals surface area contributed by atoms with Crippen LogP contribution in [0.25, 0.3) is 0 Å². The number of benzene rings is 2. The van der Waals surface area contributed by atoms with Crippen molar-refractivity contribution in [2.45, 2.75) is 6.54 Å². The van der Waals surface area contributed by atoms with E-state index in [0.717, 1.165) is 47.9 Å². The molecular formula is C24H25ClN6O3. The first-order valence-electron chi connectivity index (χ1n) is 10.8. The van der Waals surface area contributed by atoms with Crippen molar-refractivity contribution in [3.05, 3.63) is 81.6 Å². The number of halogens is 1. The molecule has 0 aliphatic carbocycles. The Balaban J connectivity index is 1.34. The highest BCUT2D eigenvalue weighted by atomic mass is 35.5. The molecule has 2 aromatic carbocycles. The van der Waals surface area contributed by atoms with Crippen molar-refractivity contribution in [2.75, 3.05) is 43.1 Å². The Bertz CT molecular complexity index is 1220. The Kier molecular flexibility index (Phi) is 7.44. The first kappa shape index (κ1) is 23.3. The molecule has 1 fully saturated rings. The molecule has 34 heavy (non-hydrogen) atoms. The Hall–Kier alpha value is -3.85. The van der Waals surface area contributed by atoms with E-state index in [2.05, 4.69) is 25.4 Å². The zero-order chi connectivity index (χ0) is 23.9. The second-order valence-electron chi connectivity index (χ2n) is 7.71. The van der Waals surface area contributed by atoms with Gasteiger partial charge in [-0.3, -0.25) is 9.59 Å². The molecule has 0 saturated carbocycles. The Morgan fingerprint density at radius 2 is 1.82 bits per heavy atom. The van der Waals surface area contributed by atoms with E-state index >= 15 is 0 Å². The normalized spacial score (nSPS) is 13.8. The largest absolute Gasteiger partial charge is 0.497 e. The van der Waals surface area contributed by atoms with Gasteiger partial charge in [0.1, 0.15) is 18.1 Å². The zero-order valence-electron chi connectivity index (χ0n) is 18.7. The van der Waals surface area contributed by atoms with E-state index < -0.39 is 5.91 Å². The van der Waals surface area contributed by atoms with Crippen LogP contribution in [0, 0.1) is 0 Å². The molecule has 4 rings (SSSR count). The van der Waals surface area contributed by atoms with Crippen LogP contribution in [0.2, 0.25) is 5.02 Å². The number of hydrogen-bond acceptors (Lipinski definition) is 7. The standard InChI is InChI=1S/C24H25ClN6O3/c1-34-21-7-5-18(6-8-21)16-26-27-23(32)17-31-24(33)10-9-22(28-31)30-13-11-29(12-14-30)20-4-2-3-19(25)15-20/h2-10,15-16H,11-14,17H2,1H3,(H,27,32)/b26-16+. The third kappa shape index (κ3) is 5.93. The summed E-state index contributed by atoms with van der Waals surface area (Å²) < 4.78 is 6.26. The van der Waals surface area contributed by atoms with E-state index in [0.29, 0.717) is 10.8 Å². The van der Waals surface area contributed by atoms with Gasteiger partial charge in [0.25, 0.3) is 11.5 Å². The number of amides is 1. The van der Waals surface area contributed by atoms with Gasteiger partial charge in [0, 0.05) is 43.0 Å². The summed E-state index contributed by atoms with van der Waals surface area (Å²) in [6.07, 6.45) is 1.52. The average Bonchev–Trinajstić information content (AvgIpc) is 2.86. The number of piperazine rings is 1. The maximum Gasteiger partial charge on any atom is 0.267 e.